The van der Waals surface area contributed by atoms with Crippen LogP contribution in [0.3, 0.4) is 0 Å². The number of halogens is 3. The molecule has 4 aromatic rings. The van der Waals surface area contributed by atoms with Gasteiger partial charge in [-0.15, -0.1) is 0 Å². The van der Waals surface area contributed by atoms with Crippen molar-refractivity contribution in [2.45, 2.75) is 12.6 Å². The van der Waals surface area contributed by atoms with Gasteiger partial charge in [0.1, 0.15) is 5.75 Å². The molecule has 0 spiro atoms. The number of fused-ring (bicyclic) bond motifs is 3. The zero-order valence-corrected chi connectivity index (χ0v) is 17.1. The number of benzene rings is 4. The van der Waals surface area contributed by atoms with E-state index in [4.69, 9.17) is 4.74 Å². The topological polar surface area (TPSA) is 9.23 Å². The number of hydrogen-bond acceptors (Lipinski definition) is 1. The molecule has 0 N–H and O–H groups in total. The maximum Gasteiger partial charge on any atom is 0.416 e. The molecule has 0 fully saturated rings. The molecule has 158 valence electrons. The van der Waals surface area contributed by atoms with E-state index in [-0.39, 0.29) is 0 Å². The van der Waals surface area contributed by atoms with Crippen molar-refractivity contribution in [3.8, 4) is 28.0 Å². The van der Waals surface area contributed by atoms with Crippen molar-refractivity contribution in [3.63, 3.8) is 0 Å². The van der Waals surface area contributed by atoms with Crippen molar-refractivity contribution < 1.29 is 17.9 Å². The zero-order chi connectivity index (χ0) is 22.1. The Labute approximate surface area is 184 Å². The fourth-order valence-corrected chi connectivity index (χ4v) is 4.13. The monoisotopic (exact) mass is 428 g/mol. The first kappa shape index (κ1) is 20.1. The average Bonchev–Trinajstić information content (AvgIpc) is 3.18. The molecule has 1 aliphatic carbocycles. The van der Waals surface area contributed by atoms with Crippen molar-refractivity contribution >= 4 is 6.08 Å². The molecule has 0 atom stereocenters. The lowest BCUT2D eigenvalue weighted by atomic mass is 9.96. The minimum atomic E-state index is -4.37. The van der Waals surface area contributed by atoms with Gasteiger partial charge in [0.05, 0.1) is 11.8 Å². The van der Waals surface area contributed by atoms with E-state index in [0.717, 1.165) is 34.4 Å². The van der Waals surface area contributed by atoms with Gasteiger partial charge in [0.15, 0.2) is 0 Å². The van der Waals surface area contributed by atoms with E-state index < -0.39 is 11.7 Å². The normalized spacial score (nSPS) is 12.6. The van der Waals surface area contributed by atoms with Crippen molar-refractivity contribution in [3.05, 3.63) is 120 Å². The molecule has 0 amide bonds. The third-order valence-electron chi connectivity index (χ3n) is 5.70. The second-order valence-corrected chi connectivity index (χ2v) is 7.71. The first-order valence-electron chi connectivity index (χ1n) is 10.3. The summed E-state index contributed by atoms with van der Waals surface area (Å²) < 4.78 is 45.2. The van der Waals surface area contributed by atoms with E-state index in [1.165, 1.54) is 23.3 Å². The SMILES string of the molecule is FC(F)(F)c1ccc(-c2ccc3c(c2OC=Cc2ccccc2)Cc2ccccc2-3)cc1. The predicted molar refractivity (Wildman–Crippen MR) is 121 cm³/mol. The Morgan fingerprint density at radius 3 is 2.12 bits per heavy atom. The second kappa shape index (κ2) is 8.04. The standard InChI is InChI=1S/C28H19F3O/c29-28(30,31)22-12-10-20(11-13-22)24-14-15-25-23-9-5-4-8-21(23)18-26(25)27(24)32-17-16-19-6-2-1-3-7-19/h1-17H,18H2. The third-order valence-corrected chi connectivity index (χ3v) is 5.70. The van der Waals surface area contributed by atoms with E-state index in [1.807, 2.05) is 60.7 Å². The molecule has 0 saturated carbocycles. The number of ether oxygens (including phenoxy) is 1. The van der Waals surface area contributed by atoms with Crippen LogP contribution in [0.1, 0.15) is 22.3 Å². The van der Waals surface area contributed by atoms with Crippen LogP contribution in [0, 0.1) is 0 Å². The summed E-state index contributed by atoms with van der Waals surface area (Å²) in [5.41, 5.74) is 6.30. The molecule has 0 aromatic heterocycles. The Balaban J connectivity index is 1.57. The van der Waals surface area contributed by atoms with Gasteiger partial charge in [0.2, 0.25) is 0 Å². The summed E-state index contributed by atoms with van der Waals surface area (Å²) in [4.78, 5) is 0. The summed E-state index contributed by atoms with van der Waals surface area (Å²) in [6.07, 6.45) is -0.135. The Kier molecular flexibility index (Phi) is 5.06. The minimum absolute atomic E-state index is 0.666. The maximum absolute atomic E-state index is 13.0. The van der Waals surface area contributed by atoms with E-state index in [2.05, 4.69) is 12.1 Å². The van der Waals surface area contributed by atoms with Crippen molar-refractivity contribution in [1.29, 1.82) is 0 Å². The van der Waals surface area contributed by atoms with Gasteiger partial charge in [-0.05, 0) is 52.1 Å². The highest BCUT2D eigenvalue weighted by molar-refractivity contribution is 5.85. The lowest BCUT2D eigenvalue weighted by Crippen LogP contribution is -2.04. The smallest absolute Gasteiger partial charge is 0.416 e. The molecule has 0 bridgehead atoms. The van der Waals surface area contributed by atoms with Crippen LogP contribution < -0.4 is 4.74 Å². The largest absolute Gasteiger partial charge is 0.464 e. The molecule has 0 aliphatic heterocycles. The van der Waals surface area contributed by atoms with Crippen molar-refractivity contribution in [1.82, 2.24) is 0 Å². The molecule has 1 aliphatic rings. The first-order valence-corrected chi connectivity index (χ1v) is 10.3. The van der Waals surface area contributed by atoms with Crippen molar-refractivity contribution in [2.75, 3.05) is 0 Å². The van der Waals surface area contributed by atoms with Gasteiger partial charge in [0, 0.05) is 17.5 Å². The van der Waals surface area contributed by atoms with Gasteiger partial charge in [-0.3, -0.25) is 0 Å². The first-order chi connectivity index (χ1) is 15.5. The third kappa shape index (κ3) is 3.80. The van der Waals surface area contributed by atoms with Crippen LogP contribution in [0.4, 0.5) is 13.2 Å². The quantitative estimate of drug-likeness (QED) is 0.264. The van der Waals surface area contributed by atoms with Crippen molar-refractivity contribution in [2.24, 2.45) is 0 Å². The van der Waals surface area contributed by atoms with E-state index in [0.29, 0.717) is 17.7 Å². The average molecular weight is 428 g/mol. The molecular formula is C28H19F3O. The molecular weight excluding hydrogens is 409 g/mol. The van der Waals surface area contributed by atoms with Crippen LogP contribution in [0.5, 0.6) is 5.75 Å². The summed E-state index contributed by atoms with van der Waals surface area (Å²) in [5, 5.41) is 0. The molecule has 0 heterocycles. The predicted octanol–water partition coefficient (Wildman–Crippen LogP) is 7.99. The summed E-state index contributed by atoms with van der Waals surface area (Å²) in [6.45, 7) is 0. The molecule has 1 nitrogen and oxygen atoms in total. The van der Waals surface area contributed by atoms with Crippen LogP contribution in [0.25, 0.3) is 28.3 Å². The van der Waals surface area contributed by atoms with Crippen LogP contribution >= 0.6 is 0 Å². The van der Waals surface area contributed by atoms with Gasteiger partial charge < -0.3 is 4.74 Å². The fraction of sp³-hybridized carbons (Fsp3) is 0.0714. The van der Waals surface area contributed by atoms with Crippen LogP contribution in [-0.2, 0) is 12.6 Å². The highest BCUT2D eigenvalue weighted by Gasteiger charge is 2.30. The fourth-order valence-electron chi connectivity index (χ4n) is 4.13. The highest BCUT2D eigenvalue weighted by Crippen LogP contribution is 2.46. The Morgan fingerprint density at radius 1 is 0.688 bits per heavy atom. The lowest BCUT2D eigenvalue weighted by molar-refractivity contribution is -0.137. The summed E-state index contributed by atoms with van der Waals surface area (Å²) in [5.74, 6) is 0.672. The van der Waals surface area contributed by atoms with Crippen LogP contribution in [0.15, 0.2) is 97.3 Å². The van der Waals surface area contributed by atoms with Crippen LogP contribution in [-0.4, -0.2) is 0 Å². The highest BCUT2D eigenvalue weighted by atomic mass is 19.4. The second-order valence-electron chi connectivity index (χ2n) is 7.71. The Hall–Kier alpha value is -3.79. The molecule has 0 unspecified atom stereocenters. The summed E-state index contributed by atoms with van der Waals surface area (Å²) >= 11 is 0. The molecule has 32 heavy (non-hydrogen) atoms. The lowest BCUT2D eigenvalue weighted by Gasteiger charge is -2.15. The molecule has 4 heteroatoms. The van der Waals surface area contributed by atoms with Gasteiger partial charge in [-0.2, -0.15) is 13.2 Å². The van der Waals surface area contributed by atoms with Gasteiger partial charge in [0.25, 0.3) is 0 Å². The molecule has 0 saturated heterocycles. The molecule has 4 aromatic carbocycles. The van der Waals surface area contributed by atoms with E-state index >= 15 is 0 Å². The number of hydrogen-bond donors (Lipinski definition) is 0. The summed E-state index contributed by atoms with van der Waals surface area (Å²) in [7, 11) is 0. The summed E-state index contributed by atoms with van der Waals surface area (Å²) in [6, 6.07) is 27.2. The van der Waals surface area contributed by atoms with E-state index in [9.17, 15) is 13.2 Å². The number of rotatable bonds is 4. The van der Waals surface area contributed by atoms with Crippen LogP contribution in [0.2, 0.25) is 0 Å². The molecule has 5 rings (SSSR count). The van der Waals surface area contributed by atoms with E-state index in [1.54, 1.807) is 6.26 Å². The van der Waals surface area contributed by atoms with Gasteiger partial charge in [-0.1, -0.05) is 72.8 Å². The Morgan fingerprint density at radius 2 is 1.38 bits per heavy atom. The number of alkyl halides is 3. The zero-order valence-electron chi connectivity index (χ0n) is 17.1. The Bertz CT molecular complexity index is 1290. The van der Waals surface area contributed by atoms with Gasteiger partial charge >= 0.3 is 6.18 Å². The minimum Gasteiger partial charge on any atom is -0.464 e. The molecule has 0 radical (unpaired) electrons. The van der Waals surface area contributed by atoms with Gasteiger partial charge in [-0.25, -0.2) is 0 Å². The maximum atomic E-state index is 13.0.